The number of nitriles is 1. The van der Waals surface area contributed by atoms with Crippen molar-refractivity contribution in [1.29, 1.82) is 5.26 Å². The smallest absolute Gasteiger partial charge is 0.270 e. The number of nitrogens with zero attached hydrogens (tertiary/aromatic N) is 5. The molecule has 0 radical (unpaired) electrons. The molecular weight excluding hydrogens is 514 g/mol. The SMILES string of the molecule is C=C/C=C(\C)C(CC/C=C(\C)CC=O)NC(=O)c1cc(C(=O)NC(C)/C(=C/C=C/C#N)SC)nc2ncnn12. The lowest BCUT2D eigenvalue weighted by atomic mass is 10.0. The average Bonchev–Trinajstić information content (AvgIpc) is 3.39. The predicted octanol–water partition coefficient (Wildman–Crippen LogP) is 4.12. The van der Waals surface area contributed by atoms with Crippen LogP contribution in [0, 0.1) is 11.3 Å². The summed E-state index contributed by atoms with van der Waals surface area (Å²) >= 11 is 1.44. The second-order valence-corrected chi connectivity index (χ2v) is 9.51. The zero-order valence-corrected chi connectivity index (χ0v) is 23.4. The highest BCUT2D eigenvalue weighted by atomic mass is 32.2. The monoisotopic (exact) mass is 547 g/mol. The molecule has 2 amide bonds. The Labute approximate surface area is 232 Å². The number of aromatic nitrogens is 4. The maximum absolute atomic E-state index is 13.5. The fraction of sp³-hybridized carbons (Fsp3) is 0.321. The summed E-state index contributed by atoms with van der Waals surface area (Å²) in [5.74, 6) is -0.821. The van der Waals surface area contributed by atoms with Gasteiger partial charge in [0.1, 0.15) is 24.0 Å². The van der Waals surface area contributed by atoms with E-state index in [4.69, 9.17) is 5.26 Å². The van der Waals surface area contributed by atoms with Crippen LogP contribution >= 0.6 is 11.8 Å². The van der Waals surface area contributed by atoms with Crippen molar-refractivity contribution in [3.8, 4) is 6.07 Å². The number of allylic oxidation sites excluding steroid dienone is 7. The zero-order chi connectivity index (χ0) is 28.8. The van der Waals surface area contributed by atoms with E-state index in [1.54, 1.807) is 18.2 Å². The molecule has 0 aromatic carbocycles. The summed E-state index contributed by atoms with van der Waals surface area (Å²) in [6.07, 6.45) is 15.8. The van der Waals surface area contributed by atoms with Gasteiger partial charge in [-0.05, 0) is 45.9 Å². The van der Waals surface area contributed by atoms with E-state index in [2.05, 4.69) is 32.3 Å². The third-order valence-corrected chi connectivity index (χ3v) is 6.71. The Morgan fingerprint density at radius 2 is 2.03 bits per heavy atom. The van der Waals surface area contributed by atoms with E-state index in [1.807, 2.05) is 45.2 Å². The minimum atomic E-state index is -0.485. The third kappa shape index (κ3) is 9.19. The quantitative estimate of drug-likeness (QED) is 0.156. The molecule has 204 valence electrons. The molecule has 2 atom stereocenters. The second kappa shape index (κ2) is 15.8. The number of carbonyl (C=O) groups excluding carboxylic acids is 3. The fourth-order valence-electron chi connectivity index (χ4n) is 3.67. The Bertz CT molecular complexity index is 1360. The minimum Gasteiger partial charge on any atom is -0.344 e. The number of rotatable bonds is 14. The second-order valence-electron chi connectivity index (χ2n) is 8.63. The highest BCUT2D eigenvalue weighted by Gasteiger charge is 2.22. The van der Waals surface area contributed by atoms with Crippen molar-refractivity contribution >= 4 is 35.6 Å². The normalized spacial score (nSPS) is 14.1. The molecule has 2 aromatic heterocycles. The lowest BCUT2D eigenvalue weighted by molar-refractivity contribution is -0.107. The molecule has 0 saturated carbocycles. The van der Waals surface area contributed by atoms with Crippen molar-refractivity contribution < 1.29 is 14.4 Å². The zero-order valence-electron chi connectivity index (χ0n) is 22.5. The van der Waals surface area contributed by atoms with Gasteiger partial charge in [-0.3, -0.25) is 9.59 Å². The Kier molecular flexibility index (Phi) is 12.6. The van der Waals surface area contributed by atoms with Gasteiger partial charge in [-0.2, -0.15) is 19.9 Å². The van der Waals surface area contributed by atoms with E-state index >= 15 is 0 Å². The minimum absolute atomic E-state index is 0.0165. The topological polar surface area (TPSA) is 142 Å². The van der Waals surface area contributed by atoms with Crippen LogP contribution in [0.1, 0.15) is 61.0 Å². The first-order valence-corrected chi connectivity index (χ1v) is 13.5. The summed E-state index contributed by atoms with van der Waals surface area (Å²) in [6.45, 7) is 9.34. The van der Waals surface area contributed by atoms with Crippen LogP contribution in [0.15, 0.2) is 71.5 Å². The van der Waals surface area contributed by atoms with E-state index in [-0.39, 0.29) is 29.2 Å². The van der Waals surface area contributed by atoms with Crippen LogP contribution in [0.5, 0.6) is 0 Å². The molecule has 39 heavy (non-hydrogen) atoms. The van der Waals surface area contributed by atoms with Crippen molar-refractivity contribution in [3.63, 3.8) is 0 Å². The van der Waals surface area contributed by atoms with Gasteiger partial charge in [-0.15, -0.1) is 11.8 Å². The predicted molar refractivity (Wildman–Crippen MR) is 153 cm³/mol. The molecule has 11 heteroatoms. The molecule has 2 heterocycles. The van der Waals surface area contributed by atoms with Crippen molar-refractivity contribution in [2.75, 3.05) is 6.26 Å². The summed E-state index contributed by atoms with van der Waals surface area (Å²) in [7, 11) is 0. The standard InChI is InChI=1S/C28H33N7O3S/c1-6-10-20(3)22(12-9-11-19(2)14-16-36)33-27(38)24-17-23(34-28-30-18-31-35(24)28)26(37)32-21(4)25(39-5)13-7-8-15-29/h6-8,10-11,13,16-18,21-22H,1,9,12,14H2,2-5H3,(H,32,37)(H,33,38)/b8-7+,19-11+,20-10+,25-13-. The summed E-state index contributed by atoms with van der Waals surface area (Å²) < 4.78 is 1.28. The lowest BCUT2D eigenvalue weighted by Crippen LogP contribution is -2.38. The first kappa shape index (κ1) is 30.9. The van der Waals surface area contributed by atoms with Gasteiger partial charge in [0.25, 0.3) is 17.6 Å². The van der Waals surface area contributed by atoms with Crippen molar-refractivity contribution in [3.05, 3.63) is 82.9 Å². The number of fused-ring (bicyclic) bond motifs is 1. The lowest BCUT2D eigenvalue weighted by Gasteiger charge is -2.20. The van der Waals surface area contributed by atoms with Crippen molar-refractivity contribution in [1.82, 2.24) is 30.2 Å². The summed E-state index contributed by atoms with van der Waals surface area (Å²) in [5, 5.41) is 18.7. The number of carbonyl (C=O) groups is 3. The molecule has 2 unspecified atom stereocenters. The van der Waals surface area contributed by atoms with Crippen LogP contribution < -0.4 is 10.6 Å². The molecule has 0 aliphatic rings. The van der Waals surface area contributed by atoms with Gasteiger partial charge in [0.2, 0.25) is 0 Å². The van der Waals surface area contributed by atoms with Crippen LogP contribution in [0.3, 0.4) is 0 Å². The molecule has 10 nitrogen and oxygen atoms in total. The first-order valence-electron chi connectivity index (χ1n) is 12.3. The van der Waals surface area contributed by atoms with Crippen LogP contribution in [0.2, 0.25) is 0 Å². The number of thioether (sulfide) groups is 1. The van der Waals surface area contributed by atoms with Crippen LogP contribution in [0.25, 0.3) is 5.78 Å². The van der Waals surface area contributed by atoms with Gasteiger partial charge >= 0.3 is 0 Å². The van der Waals surface area contributed by atoms with Gasteiger partial charge in [0.15, 0.2) is 0 Å². The van der Waals surface area contributed by atoms with Crippen LogP contribution in [-0.4, -0.2) is 56.0 Å². The van der Waals surface area contributed by atoms with E-state index in [0.717, 1.165) is 22.3 Å². The Morgan fingerprint density at radius 3 is 2.69 bits per heavy atom. The van der Waals surface area contributed by atoms with Crippen molar-refractivity contribution in [2.24, 2.45) is 0 Å². The Balaban J connectivity index is 2.33. The molecule has 0 fully saturated rings. The van der Waals surface area contributed by atoms with E-state index in [9.17, 15) is 14.4 Å². The molecule has 0 aliphatic heterocycles. The summed E-state index contributed by atoms with van der Waals surface area (Å²) in [5.41, 5.74) is 1.99. The summed E-state index contributed by atoms with van der Waals surface area (Å²) in [6, 6.07) is 2.62. The molecular formula is C28H33N7O3S. The molecule has 2 rings (SSSR count). The molecule has 2 aromatic rings. The largest absolute Gasteiger partial charge is 0.344 e. The fourth-order valence-corrected chi connectivity index (χ4v) is 4.29. The van der Waals surface area contributed by atoms with Crippen LogP contribution in [-0.2, 0) is 4.79 Å². The summed E-state index contributed by atoms with van der Waals surface area (Å²) in [4.78, 5) is 46.5. The van der Waals surface area contributed by atoms with Crippen LogP contribution in [0.4, 0.5) is 0 Å². The molecule has 2 N–H and O–H groups in total. The van der Waals surface area contributed by atoms with Gasteiger partial charge in [0, 0.05) is 23.5 Å². The Hall–Kier alpha value is -4.30. The van der Waals surface area contributed by atoms with Gasteiger partial charge in [-0.25, -0.2) is 4.98 Å². The first-order chi connectivity index (χ1) is 18.7. The molecule has 0 spiro atoms. The molecule has 0 saturated heterocycles. The van der Waals surface area contributed by atoms with E-state index < -0.39 is 11.8 Å². The molecule has 0 aliphatic carbocycles. The number of aldehydes is 1. The number of amides is 2. The van der Waals surface area contributed by atoms with Gasteiger partial charge < -0.3 is 15.4 Å². The number of hydrogen-bond acceptors (Lipinski definition) is 8. The van der Waals surface area contributed by atoms with E-state index in [1.165, 1.54) is 34.7 Å². The maximum atomic E-state index is 13.5. The maximum Gasteiger partial charge on any atom is 0.270 e. The number of hydrogen-bond donors (Lipinski definition) is 2. The average molecular weight is 548 g/mol. The van der Waals surface area contributed by atoms with Gasteiger partial charge in [-0.1, -0.05) is 42.0 Å². The third-order valence-electron chi connectivity index (χ3n) is 5.75. The highest BCUT2D eigenvalue weighted by molar-refractivity contribution is 8.02. The highest BCUT2D eigenvalue weighted by Crippen LogP contribution is 2.17. The van der Waals surface area contributed by atoms with E-state index in [0.29, 0.717) is 19.3 Å². The van der Waals surface area contributed by atoms with Gasteiger partial charge in [0.05, 0.1) is 18.2 Å². The Morgan fingerprint density at radius 1 is 1.26 bits per heavy atom. The number of nitrogens with one attached hydrogen (secondary N) is 2. The van der Waals surface area contributed by atoms with Crippen molar-refractivity contribution in [2.45, 2.75) is 52.1 Å². The molecule has 0 bridgehead atoms.